The zero-order valence-electron chi connectivity index (χ0n) is 24.5. The number of sulfonamides is 1. The summed E-state index contributed by atoms with van der Waals surface area (Å²) < 4.78 is 28.7. The normalized spacial score (nSPS) is 40.4. The van der Waals surface area contributed by atoms with Gasteiger partial charge >= 0.3 is 0 Å². The summed E-state index contributed by atoms with van der Waals surface area (Å²) in [6.45, 7) is 10.9. The molecule has 4 heterocycles. The van der Waals surface area contributed by atoms with Crippen molar-refractivity contribution < 1.29 is 13.2 Å². The van der Waals surface area contributed by atoms with E-state index < -0.39 is 10.0 Å². The Morgan fingerprint density at radius 1 is 0.816 bits per heavy atom. The van der Waals surface area contributed by atoms with Gasteiger partial charge in [0.2, 0.25) is 15.9 Å². The van der Waals surface area contributed by atoms with Gasteiger partial charge in [0, 0.05) is 50.8 Å². The number of likely N-dealkylation sites (tertiary alicyclic amines) is 1. The fraction of sp³-hybridized carbons (Fsp3) is 0.966. The monoisotopic (exact) mass is 551 g/mol. The predicted molar refractivity (Wildman–Crippen MR) is 152 cm³/mol. The highest BCUT2D eigenvalue weighted by molar-refractivity contribution is 7.89. The lowest BCUT2D eigenvalue weighted by Crippen LogP contribution is -2.52. The van der Waals surface area contributed by atoms with E-state index in [1.54, 1.807) is 0 Å². The summed E-state index contributed by atoms with van der Waals surface area (Å²) in [6.07, 6.45) is 8.88. The van der Waals surface area contributed by atoms with Gasteiger partial charge in [-0.15, -0.1) is 0 Å². The van der Waals surface area contributed by atoms with Crippen LogP contribution < -0.4 is 5.43 Å². The molecule has 1 amide bonds. The summed E-state index contributed by atoms with van der Waals surface area (Å²) in [5.41, 5.74) is 3.64. The van der Waals surface area contributed by atoms with Crippen molar-refractivity contribution in [3.63, 3.8) is 0 Å². The van der Waals surface area contributed by atoms with Crippen molar-refractivity contribution >= 4 is 15.9 Å². The van der Waals surface area contributed by atoms with Crippen molar-refractivity contribution in [2.75, 3.05) is 46.8 Å². The van der Waals surface area contributed by atoms with Crippen LogP contribution >= 0.6 is 0 Å². The second kappa shape index (κ2) is 11.6. The zero-order chi connectivity index (χ0) is 27.2. The molecule has 1 N–H and O–H groups in total. The molecule has 38 heavy (non-hydrogen) atoms. The van der Waals surface area contributed by atoms with E-state index in [1.165, 1.54) is 6.42 Å². The molecule has 4 saturated heterocycles. The van der Waals surface area contributed by atoms with Crippen LogP contribution in [0.1, 0.15) is 78.6 Å². The van der Waals surface area contributed by atoms with Gasteiger partial charge in [-0.1, -0.05) is 13.8 Å². The second-order valence-electron chi connectivity index (χ2n) is 13.9. The molecule has 9 heteroatoms. The van der Waals surface area contributed by atoms with Crippen molar-refractivity contribution in [1.82, 2.24) is 24.5 Å². The number of carbonyl (C=O) groups is 1. The van der Waals surface area contributed by atoms with Gasteiger partial charge in [-0.05, 0) is 102 Å². The van der Waals surface area contributed by atoms with Gasteiger partial charge in [-0.2, -0.15) is 0 Å². The molecule has 8 nitrogen and oxygen atoms in total. The average Bonchev–Trinajstić information content (AvgIpc) is 3.22. The second-order valence-corrected chi connectivity index (χ2v) is 16.1. The van der Waals surface area contributed by atoms with Crippen LogP contribution in [0, 0.1) is 29.6 Å². The minimum Gasteiger partial charge on any atom is -0.342 e. The zero-order valence-corrected chi connectivity index (χ0v) is 25.3. The third kappa shape index (κ3) is 5.83. The van der Waals surface area contributed by atoms with E-state index in [9.17, 15) is 13.2 Å². The first-order valence-electron chi connectivity index (χ1n) is 15.5. The van der Waals surface area contributed by atoms with Gasteiger partial charge in [0.15, 0.2) is 0 Å². The van der Waals surface area contributed by atoms with Gasteiger partial charge in [0.25, 0.3) is 0 Å². The Kier molecular flexibility index (Phi) is 8.81. The molecule has 0 bridgehead atoms. The number of carbonyl (C=O) groups excluding carboxylic acids is 1. The molecule has 0 aromatic carbocycles. The van der Waals surface area contributed by atoms with Crippen molar-refractivity contribution in [2.45, 2.75) is 102 Å². The van der Waals surface area contributed by atoms with E-state index in [2.05, 4.69) is 55.1 Å². The summed E-state index contributed by atoms with van der Waals surface area (Å²) in [4.78, 5) is 18.2. The van der Waals surface area contributed by atoms with E-state index >= 15 is 0 Å². The Hall–Kier alpha value is -0.740. The highest BCUT2D eigenvalue weighted by atomic mass is 32.2. The molecule has 1 saturated carbocycles. The van der Waals surface area contributed by atoms with Crippen LogP contribution in [-0.2, 0) is 14.8 Å². The standard InChI is InChI=1S/C29H53N5O3S/c1-20-16-21(2)19-32(18-20)29(35)28-22(3)30-34-15-12-24(17-27(28)34)23-10-13-33(14-11-23)38(36,37)26-8-6-25(7-9-26)31(4)5/h20-28,30H,6-19H2,1-5H3. The van der Waals surface area contributed by atoms with Crippen LogP contribution in [0.5, 0.6) is 0 Å². The maximum absolute atomic E-state index is 13.8. The number of rotatable bonds is 5. The van der Waals surface area contributed by atoms with Crippen LogP contribution in [0.2, 0.25) is 0 Å². The SMILES string of the molecule is CC1CC(C)CN(C(=O)C2C(C)NN3CCC(C4CCN(S(=O)(=O)C5CCC(N(C)C)CC5)CC4)CC23)C1. The number of nitrogens with one attached hydrogen (secondary N) is 1. The molecule has 0 radical (unpaired) electrons. The molecule has 5 rings (SSSR count). The fourth-order valence-corrected chi connectivity index (χ4v) is 10.7. The highest BCUT2D eigenvalue weighted by Gasteiger charge is 2.49. The predicted octanol–water partition coefficient (Wildman–Crippen LogP) is 3.01. The molecular formula is C29H53N5O3S. The molecule has 5 fully saturated rings. The molecule has 1 aliphatic carbocycles. The quantitative estimate of drug-likeness (QED) is 0.566. The maximum atomic E-state index is 13.8. The Morgan fingerprint density at radius 2 is 1.42 bits per heavy atom. The number of nitrogens with zero attached hydrogens (tertiary/aromatic N) is 4. The van der Waals surface area contributed by atoms with Crippen LogP contribution in [-0.4, -0.2) is 104 Å². The Bertz CT molecular complexity index is 918. The number of hydrazine groups is 1. The first-order valence-corrected chi connectivity index (χ1v) is 17.0. The van der Waals surface area contributed by atoms with Crippen LogP contribution in [0.4, 0.5) is 0 Å². The number of amides is 1. The van der Waals surface area contributed by atoms with Crippen molar-refractivity contribution in [2.24, 2.45) is 29.6 Å². The van der Waals surface area contributed by atoms with E-state index in [-0.39, 0.29) is 23.3 Å². The molecule has 6 unspecified atom stereocenters. The van der Waals surface area contributed by atoms with Crippen molar-refractivity contribution in [3.8, 4) is 0 Å². The molecule has 0 spiro atoms. The number of hydrogen-bond acceptors (Lipinski definition) is 6. The molecule has 0 aromatic rings. The van der Waals surface area contributed by atoms with E-state index in [4.69, 9.17) is 0 Å². The Labute approximate surface area is 231 Å². The third-order valence-electron chi connectivity index (χ3n) is 10.8. The summed E-state index contributed by atoms with van der Waals surface area (Å²) in [5.74, 6) is 2.67. The largest absolute Gasteiger partial charge is 0.342 e. The lowest BCUT2D eigenvalue weighted by Gasteiger charge is -2.43. The first kappa shape index (κ1) is 28.8. The average molecular weight is 552 g/mol. The number of piperidine rings is 3. The summed E-state index contributed by atoms with van der Waals surface area (Å²) in [6, 6.07) is 0.953. The van der Waals surface area contributed by atoms with Crippen molar-refractivity contribution in [3.05, 3.63) is 0 Å². The van der Waals surface area contributed by atoms with Gasteiger partial charge in [0.1, 0.15) is 0 Å². The van der Waals surface area contributed by atoms with Crippen LogP contribution in [0.3, 0.4) is 0 Å². The van der Waals surface area contributed by atoms with Gasteiger partial charge < -0.3 is 9.80 Å². The first-order chi connectivity index (χ1) is 18.0. The molecule has 4 aliphatic heterocycles. The smallest absolute Gasteiger partial charge is 0.228 e. The highest BCUT2D eigenvalue weighted by Crippen LogP contribution is 2.41. The number of hydrogen-bond donors (Lipinski definition) is 1. The van der Waals surface area contributed by atoms with Gasteiger partial charge in [0.05, 0.1) is 11.2 Å². The topological polar surface area (TPSA) is 76.2 Å². The van der Waals surface area contributed by atoms with Crippen LogP contribution in [0.15, 0.2) is 0 Å². The molecular weight excluding hydrogens is 498 g/mol. The van der Waals surface area contributed by atoms with Gasteiger partial charge in [-0.3, -0.25) is 10.2 Å². The van der Waals surface area contributed by atoms with Crippen molar-refractivity contribution in [1.29, 1.82) is 0 Å². The van der Waals surface area contributed by atoms with Gasteiger partial charge in [-0.25, -0.2) is 17.7 Å². The molecule has 0 aromatic heterocycles. The van der Waals surface area contributed by atoms with Crippen LogP contribution in [0.25, 0.3) is 0 Å². The van der Waals surface area contributed by atoms with E-state index in [0.29, 0.717) is 48.7 Å². The Balaban J connectivity index is 1.17. The minimum atomic E-state index is -3.21. The molecule has 218 valence electrons. The molecule has 6 atom stereocenters. The lowest BCUT2D eigenvalue weighted by molar-refractivity contribution is -0.140. The maximum Gasteiger partial charge on any atom is 0.228 e. The minimum absolute atomic E-state index is 0.0214. The number of fused-ring (bicyclic) bond motifs is 1. The fourth-order valence-electron chi connectivity index (χ4n) is 8.73. The Morgan fingerprint density at radius 3 is 2.03 bits per heavy atom. The molecule has 5 aliphatic rings. The van der Waals surface area contributed by atoms with E-state index in [0.717, 1.165) is 71.0 Å². The lowest BCUT2D eigenvalue weighted by atomic mass is 9.74. The summed E-state index contributed by atoms with van der Waals surface area (Å²) in [7, 11) is 0.997. The third-order valence-corrected chi connectivity index (χ3v) is 13.2. The summed E-state index contributed by atoms with van der Waals surface area (Å²) in [5, 5.41) is 2.17. The van der Waals surface area contributed by atoms with E-state index in [1.807, 2.05) is 4.31 Å². The summed E-state index contributed by atoms with van der Waals surface area (Å²) >= 11 is 0.